The standard InChI is InChI=1S/C24H31NO2/c1-24(2)14-12-21(25-24)20-10-11-22(27-17-19-6-4-3-5-7-19)23(16-20)26-15-13-18-8-9-18/h3-7,10-11,16,18,21,25H,8-9,12-15,17H2,1-2H3. The van der Waals surface area contributed by atoms with Crippen LogP contribution in [0.3, 0.4) is 0 Å². The van der Waals surface area contributed by atoms with E-state index in [9.17, 15) is 0 Å². The van der Waals surface area contributed by atoms with Crippen LogP contribution in [0.1, 0.15) is 63.1 Å². The maximum absolute atomic E-state index is 6.18. The summed E-state index contributed by atoms with van der Waals surface area (Å²) in [6.45, 7) is 5.89. The van der Waals surface area contributed by atoms with Crippen LogP contribution in [0.5, 0.6) is 11.5 Å². The van der Waals surface area contributed by atoms with Crippen LogP contribution in [0.25, 0.3) is 0 Å². The first-order valence-corrected chi connectivity index (χ1v) is 10.3. The third-order valence-corrected chi connectivity index (χ3v) is 5.71. The van der Waals surface area contributed by atoms with E-state index in [1.54, 1.807) is 0 Å². The molecule has 2 aromatic carbocycles. The first kappa shape index (κ1) is 18.4. The number of benzene rings is 2. The van der Waals surface area contributed by atoms with Crippen LogP contribution in [-0.4, -0.2) is 12.1 Å². The fourth-order valence-electron chi connectivity index (χ4n) is 3.82. The lowest BCUT2D eigenvalue weighted by Gasteiger charge is -2.21. The van der Waals surface area contributed by atoms with Crippen molar-refractivity contribution in [2.24, 2.45) is 5.92 Å². The van der Waals surface area contributed by atoms with Gasteiger partial charge >= 0.3 is 0 Å². The number of nitrogens with one attached hydrogen (secondary N) is 1. The Morgan fingerprint density at radius 2 is 1.78 bits per heavy atom. The van der Waals surface area contributed by atoms with Gasteiger partial charge in [-0.1, -0.05) is 49.2 Å². The monoisotopic (exact) mass is 365 g/mol. The van der Waals surface area contributed by atoms with Crippen LogP contribution in [0.15, 0.2) is 48.5 Å². The highest BCUT2D eigenvalue weighted by Gasteiger charge is 2.31. The Morgan fingerprint density at radius 1 is 0.963 bits per heavy atom. The van der Waals surface area contributed by atoms with E-state index >= 15 is 0 Å². The summed E-state index contributed by atoms with van der Waals surface area (Å²) < 4.78 is 12.3. The molecule has 1 saturated heterocycles. The van der Waals surface area contributed by atoms with Crippen molar-refractivity contribution >= 4 is 0 Å². The molecule has 2 aliphatic rings. The molecule has 2 fully saturated rings. The summed E-state index contributed by atoms with van der Waals surface area (Å²) in [7, 11) is 0. The normalized spacial score (nSPS) is 21.2. The summed E-state index contributed by atoms with van der Waals surface area (Å²) in [5.74, 6) is 2.60. The summed E-state index contributed by atoms with van der Waals surface area (Å²) in [5.41, 5.74) is 2.68. The van der Waals surface area contributed by atoms with E-state index in [2.05, 4.69) is 49.5 Å². The third kappa shape index (κ3) is 5.04. The number of hydrogen-bond donors (Lipinski definition) is 1. The van der Waals surface area contributed by atoms with Crippen molar-refractivity contribution in [1.29, 1.82) is 0 Å². The minimum atomic E-state index is 0.208. The average Bonchev–Trinajstić information content (AvgIpc) is 3.42. The van der Waals surface area contributed by atoms with Gasteiger partial charge in [-0.05, 0) is 62.3 Å². The van der Waals surface area contributed by atoms with Gasteiger partial charge in [-0.25, -0.2) is 0 Å². The molecule has 0 radical (unpaired) electrons. The molecule has 2 aromatic rings. The Balaban J connectivity index is 1.47. The third-order valence-electron chi connectivity index (χ3n) is 5.71. The maximum Gasteiger partial charge on any atom is 0.161 e. The van der Waals surface area contributed by atoms with Gasteiger partial charge in [0.25, 0.3) is 0 Å². The summed E-state index contributed by atoms with van der Waals surface area (Å²) in [5, 5.41) is 3.74. The molecule has 3 nitrogen and oxygen atoms in total. The fourth-order valence-corrected chi connectivity index (χ4v) is 3.82. The van der Waals surface area contributed by atoms with Gasteiger partial charge in [-0.3, -0.25) is 0 Å². The van der Waals surface area contributed by atoms with E-state index in [1.165, 1.54) is 36.8 Å². The van der Waals surface area contributed by atoms with Crippen molar-refractivity contribution in [3.8, 4) is 11.5 Å². The minimum Gasteiger partial charge on any atom is -0.490 e. The molecular weight excluding hydrogens is 334 g/mol. The highest BCUT2D eigenvalue weighted by molar-refractivity contribution is 5.44. The lowest BCUT2D eigenvalue weighted by atomic mass is 10.0. The minimum absolute atomic E-state index is 0.208. The van der Waals surface area contributed by atoms with E-state index in [0.717, 1.165) is 30.4 Å². The zero-order chi connectivity index (χ0) is 18.7. The maximum atomic E-state index is 6.18. The summed E-state index contributed by atoms with van der Waals surface area (Å²) in [6, 6.07) is 17.1. The molecule has 1 saturated carbocycles. The van der Waals surface area contributed by atoms with Crippen molar-refractivity contribution < 1.29 is 9.47 Å². The van der Waals surface area contributed by atoms with Crippen LogP contribution in [0.2, 0.25) is 0 Å². The molecule has 0 aromatic heterocycles. The van der Waals surface area contributed by atoms with Gasteiger partial charge in [0, 0.05) is 11.6 Å². The number of hydrogen-bond acceptors (Lipinski definition) is 3. The Kier molecular flexibility index (Phi) is 5.40. The van der Waals surface area contributed by atoms with Gasteiger partial charge < -0.3 is 14.8 Å². The molecule has 1 aliphatic carbocycles. The second-order valence-electron chi connectivity index (χ2n) is 8.68. The highest BCUT2D eigenvalue weighted by atomic mass is 16.5. The first-order valence-electron chi connectivity index (χ1n) is 10.3. The summed E-state index contributed by atoms with van der Waals surface area (Å²) in [4.78, 5) is 0. The topological polar surface area (TPSA) is 30.5 Å². The van der Waals surface area contributed by atoms with Crippen LogP contribution in [-0.2, 0) is 6.61 Å². The Morgan fingerprint density at radius 3 is 2.48 bits per heavy atom. The van der Waals surface area contributed by atoms with E-state index in [-0.39, 0.29) is 5.54 Å². The predicted octanol–water partition coefficient (Wildman–Crippen LogP) is 5.65. The summed E-state index contributed by atoms with van der Waals surface area (Å²) >= 11 is 0. The lowest BCUT2D eigenvalue weighted by Crippen LogP contribution is -2.33. The summed E-state index contributed by atoms with van der Waals surface area (Å²) in [6.07, 6.45) is 6.24. The zero-order valence-corrected chi connectivity index (χ0v) is 16.5. The van der Waals surface area contributed by atoms with E-state index in [4.69, 9.17) is 9.47 Å². The van der Waals surface area contributed by atoms with Crippen molar-refractivity contribution in [2.75, 3.05) is 6.61 Å². The highest BCUT2D eigenvalue weighted by Crippen LogP contribution is 2.38. The number of ether oxygens (including phenoxy) is 2. The van der Waals surface area contributed by atoms with Crippen molar-refractivity contribution in [1.82, 2.24) is 5.32 Å². The smallest absolute Gasteiger partial charge is 0.161 e. The molecule has 0 bridgehead atoms. The van der Waals surface area contributed by atoms with Gasteiger partial charge in [0.1, 0.15) is 6.61 Å². The Bertz CT molecular complexity index is 752. The number of rotatable bonds is 8. The van der Waals surface area contributed by atoms with E-state index in [0.29, 0.717) is 12.6 Å². The van der Waals surface area contributed by atoms with Gasteiger partial charge in [0.15, 0.2) is 11.5 Å². The second kappa shape index (κ2) is 7.93. The lowest BCUT2D eigenvalue weighted by molar-refractivity contribution is 0.255. The van der Waals surface area contributed by atoms with Gasteiger partial charge in [-0.2, -0.15) is 0 Å². The quantitative estimate of drug-likeness (QED) is 0.656. The molecule has 27 heavy (non-hydrogen) atoms. The first-order chi connectivity index (χ1) is 13.1. The predicted molar refractivity (Wildman–Crippen MR) is 109 cm³/mol. The van der Waals surface area contributed by atoms with E-state index in [1.807, 2.05) is 18.2 Å². The SMILES string of the molecule is CC1(C)CCC(c2ccc(OCc3ccccc3)c(OCCC3CC3)c2)N1. The molecule has 3 heteroatoms. The van der Waals surface area contributed by atoms with E-state index < -0.39 is 0 Å². The molecule has 1 N–H and O–H groups in total. The van der Waals surface area contributed by atoms with Crippen molar-refractivity contribution in [3.05, 3.63) is 59.7 Å². The molecule has 1 aliphatic heterocycles. The zero-order valence-electron chi connectivity index (χ0n) is 16.5. The van der Waals surface area contributed by atoms with Gasteiger partial charge in [-0.15, -0.1) is 0 Å². The Labute approximate surface area is 163 Å². The molecule has 1 heterocycles. The van der Waals surface area contributed by atoms with Crippen molar-refractivity contribution in [2.45, 2.75) is 64.1 Å². The molecule has 4 rings (SSSR count). The molecular formula is C24H31NO2. The van der Waals surface area contributed by atoms with Gasteiger partial charge in [0.2, 0.25) is 0 Å². The van der Waals surface area contributed by atoms with Crippen LogP contribution < -0.4 is 14.8 Å². The van der Waals surface area contributed by atoms with Crippen LogP contribution in [0, 0.1) is 5.92 Å². The molecule has 0 amide bonds. The molecule has 144 valence electrons. The van der Waals surface area contributed by atoms with Crippen molar-refractivity contribution in [3.63, 3.8) is 0 Å². The Hall–Kier alpha value is -2.00. The van der Waals surface area contributed by atoms with Crippen LogP contribution in [0.4, 0.5) is 0 Å². The average molecular weight is 366 g/mol. The molecule has 0 spiro atoms. The largest absolute Gasteiger partial charge is 0.490 e. The molecule has 1 atom stereocenters. The van der Waals surface area contributed by atoms with Crippen LogP contribution >= 0.6 is 0 Å². The fraction of sp³-hybridized carbons (Fsp3) is 0.500. The second-order valence-corrected chi connectivity index (χ2v) is 8.68. The van der Waals surface area contributed by atoms with Gasteiger partial charge in [0.05, 0.1) is 6.61 Å². The molecule has 1 unspecified atom stereocenters.